The first kappa shape index (κ1) is 90.4. The van der Waals surface area contributed by atoms with Gasteiger partial charge in [-0.2, -0.15) is 0 Å². The van der Waals surface area contributed by atoms with Gasteiger partial charge in [-0.1, -0.05) is 55.2 Å². The van der Waals surface area contributed by atoms with E-state index in [1.807, 2.05) is 13.8 Å². The Kier molecular flexibility index (Phi) is 28.7. The second kappa shape index (κ2) is 37.5. The quantitative estimate of drug-likeness (QED) is 0.0452. The third-order valence-corrected chi connectivity index (χ3v) is 21.0. The number of aliphatic hydroxyl groups excluding tert-OH is 9. The highest BCUT2D eigenvalue weighted by Gasteiger charge is 2.52. The molecule has 11 bridgehead atoms. The Hall–Kier alpha value is -9.97. The van der Waals surface area contributed by atoms with Gasteiger partial charge in [-0.05, 0) is 117 Å². The van der Waals surface area contributed by atoms with Gasteiger partial charge in [-0.25, -0.2) is 9.59 Å². The van der Waals surface area contributed by atoms with Gasteiger partial charge in [0.25, 0.3) is 0 Å². The molecule has 0 aromatic heterocycles. The lowest BCUT2D eigenvalue weighted by molar-refractivity contribution is -0.333. The van der Waals surface area contributed by atoms with E-state index in [2.05, 4.69) is 37.2 Å². The van der Waals surface area contributed by atoms with Crippen LogP contribution in [0.25, 0.3) is 11.1 Å². The maximum atomic E-state index is 16.0. The minimum absolute atomic E-state index is 0.0975. The van der Waals surface area contributed by atoms with Crippen molar-refractivity contribution in [3.05, 3.63) is 117 Å². The molecule has 0 saturated carbocycles. The van der Waals surface area contributed by atoms with E-state index in [-0.39, 0.29) is 46.2 Å². The van der Waals surface area contributed by atoms with Crippen LogP contribution >= 0.6 is 23.2 Å². The number of primary amides is 1. The number of carbonyl (C=O) groups is 9. The van der Waals surface area contributed by atoms with E-state index in [4.69, 9.17) is 88.5 Å². The fourth-order valence-electron chi connectivity index (χ4n) is 14.1. The number of nitrogens with two attached hydrogens (primary N) is 3. The van der Waals surface area contributed by atoms with E-state index >= 15 is 14.4 Å². The number of phenolic OH excluding ortho intramolecular Hbond substituents is 3. The first-order valence-corrected chi connectivity index (χ1v) is 37.5. The van der Waals surface area contributed by atoms with E-state index in [1.54, 1.807) is 0 Å². The minimum atomic E-state index is -2.35. The highest BCUT2D eigenvalue weighted by atomic mass is 35.5. The number of hydrogen-bond donors (Lipinski definition) is 24. The average Bonchev–Trinajstić information content (AvgIpc) is 0.764. The van der Waals surface area contributed by atoms with Crippen LogP contribution in [0.4, 0.5) is 0 Å². The zero-order chi connectivity index (χ0) is 86.7. The molecule has 24 atom stereocenters. The SMILES string of the molecule is CN[C@H](CC(C)C)C(=O)N[C@H]1C(=O)N[C@@H](CC(N)=O)C(=O)N[C@H]2C(=O)N[C@H]3C(=O)N[C@H](C(=O)N[C@@H](C(=O)O)c4cc(O)cc(O)c4-c4cc3ccc4O)[C@H](O)c3ccc(c(Cl)c3)Oc3cc2cc(c3O[C@@H]2O[C@H](CO)[C@@H](O)[C@H](O)[C@H]2O[C@H]2C[C@](C)(N)C(O)[C@H](C)O2)Oc2ccc(cc2Cl)[C@H]1O.C[C@@H](O[C@@H]1[C@@H](N)[C@@H](O)O[C@H](CO)[C@H]1O)C(=O)O. The summed E-state index contributed by atoms with van der Waals surface area (Å²) in [4.78, 5) is 127. The molecule has 642 valence electrons. The number of halogens is 2. The van der Waals surface area contributed by atoms with Gasteiger partial charge in [0.2, 0.25) is 53.4 Å². The molecule has 1 unspecified atom stereocenters. The van der Waals surface area contributed by atoms with Gasteiger partial charge in [-0.15, -0.1) is 0 Å². The van der Waals surface area contributed by atoms with Gasteiger partial charge in [0.15, 0.2) is 42.3 Å². The molecule has 43 heteroatoms. The molecular formula is C75H92Cl2N10O31. The molecule has 41 nitrogen and oxygen atoms in total. The molecule has 0 spiro atoms. The van der Waals surface area contributed by atoms with E-state index < -0.39 is 286 Å². The van der Waals surface area contributed by atoms with Crippen molar-refractivity contribution in [2.45, 2.75) is 200 Å². The molecule has 5 aromatic rings. The Morgan fingerprint density at radius 2 is 1.25 bits per heavy atom. The number of carboxylic acids is 2. The predicted molar refractivity (Wildman–Crippen MR) is 403 cm³/mol. The molecule has 0 aliphatic carbocycles. The maximum absolute atomic E-state index is 16.0. The molecule has 13 rings (SSSR count). The lowest BCUT2D eigenvalue weighted by Crippen LogP contribution is -2.64. The molecule has 27 N–H and O–H groups in total. The summed E-state index contributed by atoms with van der Waals surface area (Å²) in [6.07, 6.45) is -24.7. The van der Waals surface area contributed by atoms with Crippen LogP contribution in [0.15, 0.2) is 78.9 Å². The summed E-state index contributed by atoms with van der Waals surface area (Å²) < 4.78 is 48.2. The maximum Gasteiger partial charge on any atom is 0.332 e. The fraction of sp³-hybridized carbons (Fsp3) is 0.480. The number of aliphatic carboxylic acids is 2. The topological polar surface area (TPSA) is 673 Å². The summed E-state index contributed by atoms with van der Waals surface area (Å²) in [5.74, 6) is -17.2. The highest BCUT2D eigenvalue weighted by Crippen LogP contribution is 2.50. The van der Waals surface area contributed by atoms with Crippen LogP contribution in [0.1, 0.15) is 112 Å². The van der Waals surface area contributed by atoms with Crippen molar-refractivity contribution >= 4 is 76.5 Å². The number of rotatable bonds is 17. The van der Waals surface area contributed by atoms with Gasteiger partial charge in [0, 0.05) is 34.7 Å². The van der Waals surface area contributed by atoms with Crippen LogP contribution in [0.5, 0.6) is 46.0 Å². The zero-order valence-corrected chi connectivity index (χ0v) is 65.1. The number of carbonyl (C=O) groups excluding carboxylic acids is 7. The van der Waals surface area contributed by atoms with Crippen LogP contribution in [0.3, 0.4) is 0 Å². The number of aliphatic hydroxyl groups is 9. The van der Waals surface area contributed by atoms with Crippen LogP contribution in [0.2, 0.25) is 10.0 Å². The first-order chi connectivity index (χ1) is 55.5. The molecule has 8 aliphatic rings. The van der Waals surface area contributed by atoms with E-state index in [0.29, 0.717) is 0 Å². The summed E-state index contributed by atoms with van der Waals surface area (Å²) in [7, 11) is 1.47. The Bertz CT molecular complexity index is 4610. The van der Waals surface area contributed by atoms with Crippen LogP contribution < -0.4 is 68.6 Å². The average molecular weight is 1700 g/mol. The van der Waals surface area contributed by atoms with Crippen molar-refractivity contribution in [1.82, 2.24) is 37.2 Å². The van der Waals surface area contributed by atoms with E-state index in [0.717, 1.165) is 66.7 Å². The van der Waals surface area contributed by atoms with Crippen LogP contribution in [0, 0.1) is 5.92 Å². The molecule has 5 aromatic carbocycles. The van der Waals surface area contributed by atoms with Gasteiger partial charge in [-0.3, -0.25) is 33.6 Å². The van der Waals surface area contributed by atoms with Crippen molar-refractivity contribution in [2.75, 3.05) is 20.3 Å². The van der Waals surface area contributed by atoms with Crippen molar-refractivity contribution in [2.24, 2.45) is 23.1 Å². The van der Waals surface area contributed by atoms with Crippen molar-refractivity contribution in [3.8, 4) is 57.1 Å². The lowest BCUT2D eigenvalue weighted by atomic mass is 9.86. The highest BCUT2D eigenvalue weighted by molar-refractivity contribution is 6.32. The molecule has 118 heavy (non-hydrogen) atoms. The standard InChI is InChI=1S/C66H75Cl2N9O24.C9H17NO7/c1-23(2)12-34(71-5)58(88)76-49-51(83)26-7-10-38(32(67)14-26)97-40-16-28-17-41(55(40)101-65-56(54(86)53(85)42(22-78)99-65)100-44-21-66(4,70)57(87)24(3)96-44)98-39-11-8-27(15-33(39)68)52(84)50-63(93)75-48(64(94)95)31-18-29(79)19-37(81)45(31)30-13-25(6-9-36(30)80)46(60(90)77-50)74-61(91)47(28)73-59(89)35(20-43(69)82)72-62(49)92;1-3(8(13)14)16-7-5(10)9(15)17-4(2-11)6(7)12/h6-11,13-19,23-24,34-35,42,44,46-54,56-57,65,71,78-81,83-87H,12,20-22,70H2,1-5H3,(H2,69,82)(H,72,92)(H,73,89)(H,74,91)(H,75,93)(H,76,88)(H,77,90)(H,94,95);3-7,9,11-12,15H,2,10H2,1H3,(H,13,14)/t24-,34+,35-,42+,44-,46+,47+,48+,49+,50-,51+,52+,53+,54-,56+,57?,65-,66-;3-,4-,5-,6-,7-,9+/m01/s1. The predicted octanol–water partition coefficient (Wildman–Crippen LogP) is -2.65. The van der Waals surface area contributed by atoms with Crippen molar-refractivity contribution < 1.29 is 153 Å². The second-order valence-corrected chi connectivity index (χ2v) is 30.4. The van der Waals surface area contributed by atoms with Gasteiger partial charge in [0.05, 0.1) is 54.0 Å². The molecule has 8 heterocycles. The summed E-state index contributed by atoms with van der Waals surface area (Å²) in [5, 5.41) is 167. The van der Waals surface area contributed by atoms with Crippen LogP contribution in [-0.2, 0) is 66.8 Å². The summed E-state index contributed by atoms with van der Waals surface area (Å²) in [5.41, 5.74) is 13.5. The minimum Gasteiger partial charge on any atom is -0.508 e. The number of nitrogens with one attached hydrogen (secondary N) is 7. The number of amides is 7. The number of aromatic hydroxyl groups is 3. The third kappa shape index (κ3) is 20.0. The number of carboxylic acid groups (broad SMARTS) is 2. The Labute approximate surface area is 680 Å². The van der Waals surface area contributed by atoms with Gasteiger partial charge >= 0.3 is 11.9 Å². The fourth-order valence-corrected chi connectivity index (χ4v) is 14.5. The smallest absolute Gasteiger partial charge is 0.332 e. The normalized spacial score (nSPS) is 30.9. The molecule has 0 radical (unpaired) electrons. The lowest BCUT2D eigenvalue weighted by Gasteiger charge is -2.47. The van der Waals surface area contributed by atoms with E-state index in [1.165, 1.54) is 40.0 Å². The number of benzene rings is 5. The Morgan fingerprint density at radius 1 is 0.661 bits per heavy atom. The van der Waals surface area contributed by atoms with Gasteiger partial charge < -0.3 is 164 Å². The number of hydrogen-bond acceptors (Lipinski definition) is 32. The number of fused-ring (bicyclic) bond motifs is 15. The monoisotopic (exact) mass is 1700 g/mol. The summed E-state index contributed by atoms with van der Waals surface area (Å²) >= 11 is 14.1. The second-order valence-electron chi connectivity index (χ2n) is 29.6. The Balaban J connectivity index is 0.000000766. The molecule has 7 amide bonds. The number of likely N-dealkylation sites (N-methyl/N-ethyl adjacent to an activating group) is 1. The molecule has 3 fully saturated rings. The molecule has 8 aliphatic heterocycles. The molecule has 3 saturated heterocycles. The number of phenols is 3. The largest absolute Gasteiger partial charge is 0.508 e. The van der Waals surface area contributed by atoms with Crippen LogP contribution in [-0.4, -0.2) is 261 Å². The number of ether oxygens (including phenoxy) is 8. The zero-order valence-electron chi connectivity index (χ0n) is 63.6. The molecular weight excluding hydrogens is 1610 g/mol. The van der Waals surface area contributed by atoms with Crippen molar-refractivity contribution in [3.63, 3.8) is 0 Å². The van der Waals surface area contributed by atoms with E-state index in [9.17, 15) is 90.0 Å². The summed E-state index contributed by atoms with van der Waals surface area (Å²) in [6, 6.07) is -1.77. The van der Waals surface area contributed by atoms with Crippen molar-refractivity contribution in [1.29, 1.82) is 0 Å². The Morgan fingerprint density at radius 3 is 1.81 bits per heavy atom. The van der Waals surface area contributed by atoms with Gasteiger partial charge in [0.1, 0.15) is 108 Å². The third-order valence-electron chi connectivity index (χ3n) is 20.4. The first-order valence-electron chi connectivity index (χ1n) is 36.8. The summed E-state index contributed by atoms with van der Waals surface area (Å²) in [6.45, 7) is 6.40.